The zero-order valence-corrected chi connectivity index (χ0v) is 20.4. The number of nitrogens with one attached hydrogen (secondary N) is 3. The smallest absolute Gasteiger partial charge is 0.337 e. The Kier molecular flexibility index (Phi) is 8.19. The second kappa shape index (κ2) is 11.3. The van der Waals surface area contributed by atoms with Gasteiger partial charge in [0.15, 0.2) is 0 Å². The molecular formula is C25H30N4O6. The monoisotopic (exact) mass is 482 g/mol. The lowest BCUT2D eigenvalue weighted by molar-refractivity contribution is -0.136. The highest BCUT2D eigenvalue weighted by Gasteiger charge is 2.35. The van der Waals surface area contributed by atoms with E-state index in [0.717, 1.165) is 6.42 Å². The Hall–Kier alpha value is -4.21. The molecule has 0 saturated carbocycles. The maximum absolute atomic E-state index is 12.7. The summed E-state index contributed by atoms with van der Waals surface area (Å²) in [6.07, 6.45) is 0.745. The third-order valence-electron chi connectivity index (χ3n) is 5.56. The molecule has 0 aromatic heterocycles. The predicted molar refractivity (Wildman–Crippen MR) is 132 cm³/mol. The van der Waals surface area contributed by atoms with Crippen LogP contribution < -0.4 is 25.4 Å². The minimum absolute atomic E-state index is 0.280. The molecule has 0 radical (unpaired) electrons. The minimum atomic E-state index is -0.671. The summed E-state index contributed by atoms with van der Waals surface area (Å²) < 4.78 is 15.4. The van der Waals surface area contributed by atoms with Gasteiger partial charge in [0, 0.05) is 41.8 Å². The molecule has 10 nitrogen and oxygen atoms in total. The van der Waals surface area contributed by atoms with Crippen LogP contribution >= 0.6 is 0 Å². The molecule has 3 rings (SSSR count). The number of rotatable bonds is 8. The van der Waals surface area contributed by atoms with E-state index >= 15 is 0 Å². The molecule has 0 fully saturated rings. The van der Waals surface area contributed by atoms with Crippen molar-refractivity contribution in [1.29, 1.82) is 0 Å². The minimum Gasteiger partial charge on any atom is -0.497 e. The number of hydrogen-bond acceptors (Lipinski definition) is 6. The summed E-state index contributed by atoms with van der Waals surface area (Å²) in [6.45, 7) is 4.18. The predicted octanol–water partition coefficient (Wildman–Crippen LogP) is 4.27. The van der Waals surface area contributed by atoms with E-state index < -0.39 is 18.0 Å². The number of allylic oxidation sites excluding steroid dienone is 1. The van der Waals surface area contributed by atoms with Gasteiger partial charge in [0.05, 0.1) is 32.9 Å². The Morgan fingerprint density at radius 2 is 1.57 bits per heavy atom. The van der Waals surface area contributed by atoms with Crippen molar-refractivity contribution in [2.45, 2.75) is 26.3 Å². The molecule has 1 aliphatic rings. The molecule has 4 amide bonds. The molecule has 0 spiro atoms. The molecule has 3 N–H and O–H groups in total. The number of anilines is 2. The van der Waals surface area contributed by atoms with Crippen LogP contribution in [-0.4, -0.2) is 50.8 Å². The van der Waals surface area contributed by atoms with Crippen molar-refractivity contribution >= 4 is 29.4 Å². The van der Waals surface area contributed by atoms with Crippen molar-refractivity contribution in [3.8, 4) is 11.5 Å². The Morgan fingerprint density at radius 1 is 0.971 bits per heavy atom. The van der Waals surface area contributed by atoms with Crippen LogP contribution in [0, 0.1) is 0 Å². The lowest BCUT2D eigenvalue weighted by Crippen LogP contribution is -2.48. The van der Waals surface area contributed by atoms with Crippen molar-refractivity contribution in [3.05, 3.63) is 59.3 Å². The third kappa shape index (κ3) is 5.84. The largest absolute Gasteiger partial charge is 0.497 e. The molecule has 35 heavy (non-hydrogen) atoms. The Labute approximate surface area is 204 Å². The van der Waals surface area contributed by atoms with Gasteiger partial charge in [0.25, 0.3) is 0 Å². The molecule has 0 aliphatic carbocycles. The number of benzene rings is 2. The SMILES string of the molecule is CCCN1C(=O)N[C@H](c2ccc(NC(=O)Nc3cc(OC)cc(OC)c3)cc2)C(C(=O)OC)=C1C. The molecule has 0 bridgehead atoms. The quantitative estimate of drug-likeness (QED) is 0.484. The molecule has 2 aromatic rings. The van der Waals surface area contributed by atoms with Gasteiger partial charge >= 0.3 is 18.0 Å². The number of ether oxygens (including phenoxy) is 3. The van der Waals surface area contributed by atoms with E-state index in [1.807, 2.05) is 6.92 Å². The van der Waals surface area contributed by atoms with E-state index in [1.54, 1.807) is 49.4 Å². The number of urea groups is 2. The first kappa shape index (κ1) is 25.4. The highest BCUT2D eigenvalue weighted by Crippen LogP contribution is 2.32. The maximum Gasteiger partial charge on any atom is 0.337 e. The second-order valence-corrected chi connectivity index (χ2v) is 7.83. The molecule has 1 heterocycles. The number of amides is 4. The average molecular weight is 483 g/mol. The van der Waals surface area contributed by atoms with E-state index in [9.17, 15) is 14.4 Å². The maximum atomic E-state index is 12.7. The molecule has 2 aromatic carbocycles. The van der Waals surface area contributed by atoms with Gasteiger partial charge in [-0.15, -0.1) is 0 Å². The van der Waals surface area contributed by atoms with Crippen molar-refractivity contribution in [3.63, 3.8) is 0 Å². The van der Waals surface area contributed by atoms with Crippen molar-refractivity contribution in [2.75, 3.05) is 38.5 Å². The Morgan fingerprint density at radius 3 is 2.11 bits per heavy atom. The fourth-order valence-electron chi connectivity index (χ4n) is 3.83. The molecule has 0 unspecified atom stereocenters. The van der Waals surface area contributed by atoms with Crippen LogP contribution in [0.15, 0.2) is 53.7 Å². The number of carbonyl (C=O) groups excluding carboxylic acids is 3. The summed E-state index contributed by atoms with van der Waals surface area (Å²) in [7, 11) is 4.36. The number of carbonyl (C=O) groups is 3. The molecule has 1 aliphatic heterocycles. The van der Waals surface area contributed by atoms with Gasteiger partial charge in [-0.1, -0.05) is 19.1 Å². The zero-order chi connectivity index (χ0) is 25.5. The first-order valence-electron chi connectivity index (χ1n) is 11.1. The lowest BCUT2D eigenvalue weighted by Gasteiger charge is -2.35. The summed E-state index contributed by atoms with van der Waals surface area (Å²) in [5.74, 6) is 0.575. The zero-order valence-electron chi connectivity index (χ0n) is 20.4. The summed E-state index contributed by atoms with van der Waals surface area (Å²) in [5.41, 5.74) is 2.63. The first-order chi connectivity index (χ1) is 16.8. The van der Waals surface area contributed by atoms with E-state index in [-0.39, 0.29) is 6.03 Å². The Balaban J connectivity index is 1.77. The fourth-order valence-corrected chi connectivity index (χ4v) is 3.83. The van der Waals surface area contributed by atoms with Gasteiger partial charge in [0.1, 0.15) is 11.5 Å². The van der Waals surface area contributed by atoms with E-state index in [1.165, 1.54) is 26.2 Å². The van der Waals surface area contributed by atoms with Gasteiger partial charge in [0.2, 0.25) is 0 Å². The number of nitrogens with zero attached hydrogens (tertiary/aromatic N) is 1. The molecular weight excluding hydrogens is 452 g/mol. The normalized spacial score (nSPS) is 15.3. The van der Waals surface area contributed by atoms with E-state index in [0.29, 0.717) is 46.3 Å². The van der Waals surface area contributed by atoms with Gasteiger partial charge in [-0.2, -0.15) is 0 Å². The highest BCUT2D eigenvalue weighted by molar-refractivity contribution is 6.00. The van der Waals surface area contributed by atoms with Crippen molar-refractivity contribution in [2.24, 2.45) is 0 Å². The lowest BCUT2D eigenvalue weighted by atomic mass is 9.94. The van der Waals surface area contributed by atoms with Crippen LogP contribution in [-0.2, 0) is 9.53 Å². The summed E-state index contributed by atoms with van der Waals surface area (Å²) in [5, 5.41) is 8.37. The first-order valence-corrected chi connectivity index (χ1v) is 11.1. The van der Waals surface area contributed by atoms with Crippen molar-refractivity contribution in [1.82, 2.24) is 10.2 Å². The standard InChI is InChI=1S/C25H30N4O6/c1-6-11-29-15(2)21(23(30)35-5)22(28-25(29)32)16-7-9-17(10-8-16)26-24(31)27-18-12-19(33-3)14-20(13-18)34-4/h7-10,12-14,22H,6,11H2,1-5H3,(H,28,32)(H2,26,27,31)/t22-/m1/s1. The van der Waals surface area contributed by atoms with Gasteiger partial charge in [-0.05, 0) is 31.0 Å². The molecule has 1 atom stereocenters. The van der Waals surface area contributed by atoms with Crippen LogP contribution in [0.1, 0.15) is 31.9 Å². The second-order valence-electron chi connectivity index (χ2n) is 7.83. The van der Waals surface area contributed by atoms with Crippen LogP contribution in [0.5, 0.6) is 11.5 Å². The summed E-state index contributed by atoms with van der Waals surface area (Å²) >= 11 is 0. The highest BCUT2D eigenvalue weighted by atomic mass is 16.5. The average Bonchev–Trinajstić information content (AvgIpc) is 2.85. The van der Waals surface area contributed by atoms with E-state index in [4.69, 9.17) is 14.2 Å². The van der Waals surface area contributed by atoms with Crippen molar-refractivity contribution < 1.29 is 28.6 Å². The topological polar surface area (TPSA) is 118 Å². The van der Waals surface area contributed by atoms with Crippen LogP contribution in [0.4, 0.5) is 21.0 Å². The summed E-state index contributed by atoms with van der Waals surface area (Å²) in [4.78, 5) is 39.2. The third-order valence-corrected chi connectivity index (χ3v) is 5.56. The Bertz CT molecular complexity index is 1110. The van der Waals surface area contributed by atoms with Crippen LogP contribution in [0.25, 0.3) is 0 Å². The van der Waals surface area contributed by atoms with Gasteiger partial charge in [-0.3, -0.25) is 4.90 Å². The van der Waals surface area contributed by atoms with Gasteiger partial charge < -0.3 is 30.2 Å². The van der Waals surface area contributed by atoms with Gasteiger partial charge in [-0.25, -0.2) is 14.4 Å². The molecule has 10 heteroatoms. The fraction of sp³-hybridized carbons (Fsp3) is 0.320. The summed E-state index contributed by atoms with van der Waals surface area (Å²) in [6, 6.07) is 10.5. The molecule has 0 saturated heterocycles. The molecule has 186 valence electrons. The number of esters is 1. The number of hydrogen-bond donors (Lipinski definition) is 3. The van der Waals surface area contributed by atoms with E-state index in [2.05, 4.69) is 16.0 Å². The van der Waals surface area contributed by atoms with Crippen LogP contribution in [0.3, 0.4) is 0 Å². The van der Waals surface area contributed by atoms with Crippen LogP contribution in [0.2, 0.25) is 0 Å². The number of methoxy groups -OCH3 is 3.